The lowest BCUT2D eigenvalue weighted by molar-refractivity contribution is -0.159. The fourth-order valence-electron chi connectivity index (χ4n) is 3.59. The second-order valence-electron chi connectivity index (χ2n) is 6.37. The molecule has 0 saturated carbocycles. The van der Waals surface area contributed by atoms with E-state index in [0.29, 0.717) is 19.8 Å². The highest BCUT2D eigenvalue weighted by Crippen LogP contribution is 2.41. The van der Waals surface area contributed by atoms with Gasteiger partial charge in [-0.3, -0.25) is 9.69 Å². The number of nitrogens with zero attached hydrogens (tertiary/aromatic N) is 1. The molecule has 2 heterocycles. The summed E-state index contributed by atoms with van der Waals surface area (Å²) in [7, 11) is 1.65. The van der Waals surface area contributed by atoms with E-state index in [0.717, 1.165) is 30.8 Å². The van der Waals surface area contributed by atoms with Crippen LogP contribution in [-0.4, -0.2) is 55.9 Å². The van der Waals surface area contributed by atoms with Gasteiger partial charge in [-0.15, -0.1) is 0 Å². The molecule has 2 saturated heterocycles. The summed E-state index contributed by atoms with van der Waals surface area (Å²) in [5.41, 5.74) is 0.394. The molecule has 0 unspecified atom stereocenters. The van der Waals surface area contributed by atoms with E-state index in [1.54, 1.807) is 7.11 Å². The van der Waals surface area contributed by atoms with Crippen molar-refractivity contribution in [3.05, 3.63) is 35.9 Å². The summed E-state index contributed by atoms with van der Waals surface area (Å²) in [6.45, 7) is 3.18. The number of ether oxygens (including phenoxy) is 2. The molecule has 1 aromatic carbocycles. The van der Waals surface area contributed by atoms with Crippen molar-refractivity contribution in [1.29, 1.82) is 0 Å². The number of carboxylic acid groups (broad SMARTS) is 1. The van der Waals surface area contributed by atoms with Gasteiger partial charge in [-0.05, 0) is 30.0 Å². The number of methoxy groups -OCH3 is 1. The minimum absolute atomic E-state index is 0.197. The Morgan fingerprint density at radius 2 is 2.26 bits per heavy atom. The lowest BCUT2D eigenvalue weighted by atomic mass is 9.76. The smallest absolute Gasteiger partial charge is 0.313 e. The van der Waals surface area contributed by atoms with Crippen LogP contribution in [0.2, 0.25) is 0 Å². The molecule has 0 bridgehead atoms. The van der Waals surface area contributed by atoms with Gasteiger partial charge in [0.05, 0.1) is 13.7 Å². The molecule has 23 heavy (non-hydrogen) atoms. The Labute approximate surface area is 136 Å². The van der Waals surface area contributed by atoms with Crippen molar-refractivity contribution in [2.75, 3.05) is 40.0 Å². The highest BCUT2D eigenvalue weighted by atomic mass is 16.5. The topological polar surface area (TPSA) is 59.0 Å². The van der Waals surface area contributed by atoms with E-state index >= 15 is 0 Å². The summed E-state index contributed by atoms with van der Waals surface area (Å²) in [5.74, 6) is 0.320. The summed E-state index contributed by atoms with van der Waals surface area (Å²) < 4.78 is 10.6. The number of benzene rings is 1. The maximum absolute atomic E-state index is 11.7. The molecule has 0 radical (unpaired) electrons. The Morgan fingerprint density at radius 1 is 1.48 bits per heavy atom. The number of rotatable bonds is 5. The van der Waals surface area contributed by atoms with Crippen molar-refractivity contribution in [2.24, 2.45) is 11.3 Å². The second-order valence-corrected chi connectivity index (χ2v) is 6.37. The number of carbonyl (C=O) groups is 1. The molecule has 0 spiro atoms. The third-order valence-electron chi connectivity index (χ3n) is 4.95. The van der Waals surface area contributed by atoms with Crippen molar-refractivity contribution < 1.29 is 19.4 Å². The molecule has 5 heteroatoms. The molecule has 2 fully saturated rings. The lowest BCUT2D eigenvalue weighted by Crippen LogP contribution is -2.46. The van der Waals surface area contributed by atoms with Gasteiger partial charge in [-0.2, -0.15) is 0 Å². The van der Waals surface area contributed by atoms with Gasteiger partial charge < -0.3 is 14.6 Å². The minimum Gasteiger partial charge on any atom is -0.497 e. The van der Waals surface area contributed by atoms with Crippen LogP contribution >= 0.6 is 0 Å². The van der Waals surface area contributed by atoms with Crippen LogP contribution < -0.4 is 4.74 Å². The molecule has 0 aromatic heterocycles. The summed E-state index contributed by atoms with van der Waals surface area (Å²) in [4.78, 5) is 13.9. The molecule has 0 amide bonds. The van der Waals surface area contributed by atoms with E-state index in [9.17, 15) is 9.90 Å². The Balaban J connectivity index is 1.60. The first-order chi connectivity index (χ1) is 11.1. The first-order valence-electron chi connectivity index (χ1n) is 7.98. The minimum atomic E-state index is -0.719. The van der Waals surface area contributed by atoms with Crippen LogP contribution in [-0.2, 0) is 9.53 Å². The molecule has 3 rings (SSSR count). The zero-order valence-electron chi connectivity index (χ0n) is 13.4. The molecular weight excluding hydrogens is 294 g/mol. The number of hydrogen-bond acceptors (Lipinski definition) is 4. The first kappa shape index (κ1) is 16.0. The van der Waals surface area contributed by atoms with E-state index in [4.69, 9.17) is 9.47 Å². The van der Waals surface area contributed by atoms with Gasteiger partial charge in [0.25, 0.3) is 0 Å². The Kier molecular flexibility index (Phi) is 4.68. The average Bonchev–Trinajstić information content (AvgIpc) is 2.95. The summed E-state index contributed by atoms with van der Waals surface area (Å²) in [6, 6.07) is 7.87. The fourth-order valence-corrected chi connectivity index (χ4v) is 3.59. The second kappa shape index (κ2) is 6.72. The quantitative estimate of drug-likeness (QED) is 0.901. The Morgan fingerprint density at radius 3 is 2.91 bits per heavy atom. The van der Waals surface area contributed by atoms with Crippen molar-refractivity contribution >= 4 is 12.0 Å². The van der Waals surface area contributed by atoms with E-state index in [1.165, 1.54) is 0 Å². The van der Waals surface area contributed by atoms with Crippen LogP contribution in [0.15, 0.2) is 30.3 Å². The van der Waals surface area contributed by atoms with E-state index in [1.807, 2.05) is 24.3 Å². The van der Waals surface area contributed by atoms with Gasteiger partial charge in [-0.25, -0.2) is 0 Å². The molecule has 1 aromatic rings. The van der Waals surface area contributed by atoms with Gasteiger partial charge in [0.15, 0.2) is 0 Å². The normalized spacial score (nSPS) is 28.0. The van der Waals surface area contributed by atoms with Gasteiger partial charge >= 0.3 is 5.97 Å². The molecule has 0 aliphatic carbocycles. The number of aliphatic carboxylic acids is 1. The van der Waals surface area contributed by atoms with Crippen molar-refractivity contribution in [1.82, 2.24) is 4.90 Å². The molecule has 1 N–H and O–H groups in total. The lowest BCUT2D eigenvalue weighted by Gasteiger charge is -2.34. The fraction of sp³-hybridized carbons (Fsp3) is 0.500. The molecule has 5 nitrogen and oxygen atoms in total. The third-order valence-corrected chi connectivity index (χ3v) is 4.95. The van der Waals surface area contributed by atoms with Gasteiger partial charge in [-0.1, -0.05) is 24.3 Å². The maximum Gasteiger partial charge on any atom is 0.313 e. The Hall–Kier alpha value is -1.85. The summed E-state index contributed by atoms with van der Waals surface area (Å²) in [6.07, 6.45) is 4.99. The van der Waals surface area contributed by atoms with Crippen LogP contribution in [0.25, 0.3) is 6.08 Å². The average molecular weight is 317 g/mol. The monoisotopic (exact) mass is 317 g/mol. The van der Waals surface area contributed by atoms with Gasteiger partial charge in [0.2, 0.25) is 0 Å². The SMILES string of the molecule is COc1ccc(C=CCN2C[C@@H]3CCOC[C@]3(C(=O)O)C2)cc1. The number of fused-ring (bicyclic) bond motifs is 1. The maximum atomic E-state index is 11.7. The summed E-state index contributed by atoms with van der Waals surface area (Å²) >= 11 is 0. The van der Waals surface area contributed by atoms with E-state index < -0.39 is 11.4 Å². The molecule has 2 aliphatic rings. The van der Waals surface area contributed by atoms with Crippen LogP contribution in [0.1, 0.15) is 12.0 Å². The number of carboxylic acids is 1. The number of hydrogen-bond donors (Lipinski definition) is 1. The van der Waals surface area contributed by atoms with Crippen LogP contribution in [0, 0.1) is 11.3 Å². The zero-order chi connectivity index (χ0) is 16.3. The van der Waals surface area contributed by atoms with Crippen LogP contribution in [0.5, 0.6) is 5.75 Å². The van der Waals surface area contributed by atoms with Gasteiger partial charge in [0.1, 0.15) is 11.2 Å². The highest BCUT2D eigenvalue weighted by Gasteiger charge is 2.53. The molecule has 124 valence electrons. The predicted octanol–water partition coefficient (Wildman–Crippen LogP) is 2.13. The summed E-state index contributed by atoms with van der Waals surface area (Å²) in [5, 5.41) is 9.63. The first-order valence-corrected chi connectivity index (χ1v) is 7.98. The molecular formula is C18H23NO4. The van der Waals surface area contributed by atoms with Crippen LogP contribution in [0.4, 0.5) is 0 Å². The van der Waals surface area contributed by atoms with E-state index in [-0.39, 0.29) is 5.92 Å². The third kappa shape index (κ3) is 3.26. The van der Waals surface area contributed by atoms with Crippen molar-refractivity contribution in [2.45, 2.75) is 6.42 Å². The largest absolute Gasteiger partial charge is 0.497 e. The van der Waals surface area contributed by atoms with Gasteiger partial charge in [0, 0.05) is 26.2 Å². The van der Waals surface area contributed by atoms with E-state index in [2.05, 4.69) is 17.1 Å². The molecule has 2 aliphatic heterocycles. The van der Waals surface area contributed by atoms with Crippen LogP contribution in [0.3, 0.4) is 0 Å². The van der Waals surface area contributed by atoms with Crippen molar-refractivity contribution in [3.8, 4) is 5.75 Å². The highest BCUT2D eigenvalue weighted by molar-refractivity contribution is 5.76. The zero-order valence-corrected chi connectivity index (χ0v) is 13.4. The Bertz CT molecular complexity index is 583. The number of likely N-dealkylation sites (tertiary alicyclic amines) is 1. The standard InChI is InChI=1S/C18H23NO4/c1-22-16-6-4-14(5-7-16)3-2-9-19-11-15-8-10-23-13-18(15,12-19)17(20)21/h2-7,15H,8-13H2,1H3,(H,20,21)/t15-,18+/m0/s1. The molecule has 2 atom stereocenters. The predicted molar refractivity (Wildman–Crippen MR) is 87.5 cm³/mol. The van der Waals surface area contributed by atoms with Crippen molar-refractivity contribution in [3.63, 3.8) is 0 Å².